The normalized spacial score (nSPS) is 10.7. The zero-order chi connectivity index (χ0) is 11.0. The van der Waals surface area contributed by atoms with Gasteiger partial charge in [-0.1, -0.05) is 41.4 Å². The lowest BCUT2D eigenvalue weighted by Gasteiger charge is -1.92. The highest BCUT2D eigenvalue weighted by molar-refractivity contribution is 7.20. The van der Waals surface area contributed by atoms with Crippen molar-refractivity contribution < 1.29 is 4.39 Å². The number of hydrogen-bond donors (Lipinski definition) is 0. The van der Waals surface area contributed by atoms with Gasteiger partial charge < -0.3 is 0 Å². The predicted octanol–water partition coefficient (Wildman–Crippen LogP) is 5.28. The molecule has 0 amide bonds. The van der Waals surface area contributed by atoms with Crippen molar-refractivity contribution in [3.05, 3.63) is 39.2 Å². The van der Waals surface area contributed by atoms with Crippen molar-refractivity contribution >= 4 is 50.5 Å². The van der Waals surface area contributed by atoms with Crippen molar-refractivity contribution in [3.8, 4) is 0 Å². The lowest BCUT2D eigenvalue weighted by atomic mass is 10.2. The molecule has 0 N–H and O–H groups in total. The molecular formula is C11H7Cl2FS. The van der Waals surface area contributed by atoms with E-state index in [1.54, 1.807) is 6.07 Å². The molecule has 0 saturated heterocycles. The van der Waals surface area contributed by atoms with E-state index in [0.717, 1.165) is 15.6 Å². The van der Waals surface area contributed by atoms with Gasteiger partial charge in [0.15, 0.2) is 5.83 Å². The summed E-state index contributed by atoms with van der Waals surface area (Å²) in [5.41, 5.74) is 1.13. The number of benzene rings is 1. The standard InChI is InChI=1S/C11H7Cl2FS/c1-6-3-2-4-7-5-8(15-10(6)7)9(14)11(12)13/h2-5H,1H3. The van der Waals surface area contributed by atoms with Crippen LogP contribution in [0.15, 0.2) is 28.8 Å². The summed E-state index contributed by atoms with van der Waals surface area (Å²) in [7, 11) is 0. The highest BCUT2D eigenvalue weighted by Crippen LogP contribution is 2.35. The van der Waals surface area contributed by atoms with Crippen LogP contribution in [-0.2, 0) is 0 Å². The summed E-state index contributed by atoms with van der Waals surface area (Å²) in [6, 6.07) is 7.63. The van der Waals surface area contributed by atoms with Gasteiger partial charge in [-0.05, 0) is 23.9 Å². The number of halogens is 3. The van der Waals surface area contributed by atoms with E-state index in [1.807, 2.05) is 25.1 Å². The van der Waals surface area contributed by atoms with Crippen molar-refractivity contribution in [1.29, 1.82) is 0 Å². The summed E-state index contributed by atoms with van der Waals surface area (Å²) in [4.78, 5) is 0.472. The van der Waals surface area contributed by atoms with E-state index >= 15 is 0 Å². The molecule has 78 valence electrons. The van der Waals surface area contributed by atoms with Gasteiger partial charge >= 0.3 is 0 Å². The first-order chi connectivity index (χ1) is 7.09. The summed E-state index contributed by atoms with van der Waals surface area (Å²) >= 11 is 12.2. The average Bonchev–Trinajstić information content (AvgIpc) is 2.61. The quantitative estimate of drug-likeness (QED) is 0.654. The molecule has 0 aliphatic heterocycles. The molecule has 15 heavy (non-hydrogen) atoms. The fourth-order valence-electron chi connectivity index (χ4n) is 1.41. The van der Waals surface area contributed by atoms with E-state index in [-0.39, 0.29) is 4.49 Å². The van der Waals surface area contributed by atoms with E-state index in [1.165, 1.54) is 11.3 Å². The zero-order valence-electron chi connectivity index (χ0n) is 7.85. The van der Waals surface area contributed by atoms with Gasteiger partial charge in [-0.2, -0.15) is 0 Å². The number of aryl methyl sites for hydroxylation is 1. The Morgan fingerprint density at radius 3 is 2.67 bits per heavy atom. The molecular weight excluding hydrogens is 254 g/mol. The maximum absolute atomic E-state index is 13.5. The minimum absolute atomic E-state index is 0.320. The van der Waals surface area contributed by atoms with E-state index in [4.69, 9.17) is 23.2 Å². The molecule has 1 aromatic carbocycles. The average molecular weight is 261 g/mol. The molecule has 1 heterocycles. The van der Waals surface area contributed by atoms with E-state index in [9.17, 15) is 4.39 Å². The first-order valence-electron chi connectivity index (χ1n) is 4.30. The smallest absolute Gasteiger partial charge is 0.170 e. The van der Waals surface area contributed by atoms with Crippen molar-refractivity contribution in [3.63, 3.8) is 0 Å². The highest BCUT2D eigenvalue weighted by Gasteiger charge is 2.10. The number of hydrogen-bond acceptors (Lipinski definition) is 1. The topological polar surface area (TPSA) is 0 Å². The number of fused-ring (bicyclic) bond motifs is 1. The molecule has 0 unspecified atom stereocenters. The van der Waals surface area contributed by atoms with Crippen LogP contribution in [0.5, 0.6) is 0 Å². The van der Waals surface area contributed by atoms with Gasteiger partial charge in [-0.15, -0.1) is 11.3 Å². The lowest BCUT2D eigenvalue weighted by Crippen LogP contribution is -1.68. The summed E-state index contributed by atoms with van der Waals surface area (Å²) in [5, 5.41) is 1.01. The maximum Gasteiger partial charge on any atom is 0.170 e. The van der Waals surface area contributed by atoms with Crippen LogP contribution in [0.4, 0.5) is 4.39 Å². The SMILES string of the molecule is Cc1cccc2cc(C(F)=C(Cl)Cl)sc12. The zero-order valence-corrected chi connectivity index (χ0v) is 10.2. The minimum atomic E-state index is -0.557. The largest absolute Gasteiger partial charge is 0.203 e. The maximum atomic E-state index is 13.5. The number of thiophene rings is 1. The van der Waals surface area contributed by atoms with Crippen molar-refractivity contribution in [2.75, 3.05) is 0 Å². The Hall–Kier alpha value is -0.570. The molecule has 0 fully saturated rings. The second kappa shape index (κ2) is 4.12. The molecule has 2 rings (SSSR count). The molecule has 0 bridgehead atoms. The van der Waals surface area contributed by atoms with Crippen LogP contribution in [0.2, 0.25) is 0 Å². The second-order valence-electron chi connectivity index (χ2n) is 3.18. The predicted molar refractivity (Wildman–Crippen MR) is 66.3 cm³/mol. The van der Waals surface area contributed by atoms with E-state index in [2.05, 4.69) is 0 Å². The van der Waals surface area contributed by atoms with Crippen LogP contribution in [0, 0.1) is 6.92 Å². The van der Waals surface area contributed by atoms with Crippen molar-refractivity contribution in [2.45, 2.75) is 6.92 Å². The fraction of sp³-hybridized carbons (Fsp3) is 0.0909. The van der Waals surface area contributed by atoms with Crippen LogP contribution < -0.4 is 0 Å². The first-order valence-corrected chi connectivity index (χ1v) is 5.87. The molecule has 4 heteroatoms. The Kier molecular flexibility index (Phi) is 3.01. The summed E-state index contributed by atoms with van der Waals surface area (Å²) in [6.07, 6.45) is 0. The Bertz CT molecular complexity index is 539. The Balaban J connectivity index is 2.67. The van der Waals surface area contributed by atoms with Gasteiger partial charge in [-0.25, -0.2) is 4.39 Å². The summed E-state index contributed by atoms with van der Waals surface area (Å²) < 4.78 is 14.2. The van der Waals surface area contributed by atoms with Gasteiger partial charge in [0.1, 0.15) is 4.49 Å². The molecule has 0 saturated carbocycles. The second-order valence-corrected chi connectivity index (χ2v) is 5.18. The Morgan fingerprint density at radius 1 is 1.33 bits per heavy atom. The fourth-order valence-corrected chi connectivity index (χ4v) is 2.80. The third kappa shape index (κ3) is 2.03. The molecule has 1 aromatic heterocycles. The van der Waals surface area contributed by atoms with Crippen LogP contribution in [0.1, 0.15) is 10.4 Å². The molecule has 0 radical (unpaired) electrons. The van der Waals surface area contributed by atoms with Gasteiger partial charge in [-0.3, -0.25) is 0 Å². The molecule has 0 aliphatic carbocycles. The van der Waals surface area contributed by atoms with E-state index in [0.29, 0.717) is 4.88 Å². The molecule has 0 aliphatic rings. The summed E-state index contributed by atoms with van der Waals surface area (Å²) in [5.74, 6) is -0.557. The monoisotopic (exact) mass is 260 g/mol. The molecule has 0 nitrogen and oxygen atoms in total. The van der Waals surface area contributed by atoms with Gasteiger partial charge in [0.05, 0.1) is 4.88 Å². The lowest BCUT2D eigenvalue weighted by molar-refractivity contribution is 0.764. The number of rotatable bonds is 1. The van der Waals surface area contributed by atoms with Gasteiger partial charge in [0.2, 0.25) is 0 Å². The Labute approximate surface area is 101 Å². The van der Waals surface area contributed by atoms with Crippen LogP contribution in [-0.4, -0.2) is 0 Å². The van der Waals surface area contributed by atoms with Crippen LogP contribution >= 0.6 is 34.5 Å². The third-order valence-electron chi connectivity index (χ3n) is 2.12. The van der Waals surface area contributed by atoms with Crippen LogP contribution in [0.3, 0.4) is 0 Å². The van der Waals surface area contributed by atoms with Crippen molar-refractivity contribution in [1.82, 2.24) is 0 Å². The third-order valence-corrected chi connectivity index (χ3v) is 3.73. The Morgan fingerprint density at radius 2 is 2.07 bits per heavy atom. The minimum Gasteiger partial charge on any atom is -0.203 e. The van der Waals surface area contributed by atoms with Gasteiger partial charge in [0.25, 0.3) is 0 Å². The summed E-state index contributed by atoms with van der Waals surface area (Å²) in [6.45, 7) is 1.99. The van der Waals surface area contributed by atoms with Crippen LogP contribution in [0.25, 0.3) is 15.9 Å². The van der Waals surface area contributed by atoms with E-state index < -0.39 is 5.83 Å². The molecule has 2 aromatic rings. The molecule has 0 spiro atoms. The highest BCUT2D eigenvalue weighted by atomic mass is 35.5. The van der Waals surface area contributed by atoms with Gasteiger partial charge in [0, 0.05) is 4.70 Å². The molecule has 0 atom stereocenters. The van der Waals surface area contributed by atoms with Crippen molar-refractivity contribution in [2.24, 2.45) is 0 Å². The first kappa shape index (κ1) is 10.9.